The molecular formula is C13H17N. The second-order valence-electron chi connectivity index (χ2n) is 4.97. The molecule has 2 atom stereocenters. The smallest absolute Gasteiger partial charge is 0.00932 e. The molecule has 14 heavy (non-hydrogen) atoms. The SMILES string of the molecule is Cc1ccc(C23CCC(C2)NC3)cc1. The molecule has 0 amide bonds. The lowest BCUT2D eigenvalue weighted by Crippen LogP contribution is -2.32. The highest BCUT2D eigenvalue weighted by atomic mass is 15.0. The van der Waals surface area contributed by atoms with Crippen LogP contribution in [0.1, 0.15) is 30.4 Å². The van der Waals surface area contributed by atoms with E-state index in [1.807, 2.05) is 0 Å². The molecule has 1 nitrogen and oxygen atoms in total. The molecule has 0 spiro atoms. The monoisotopic (exact) mass is 187 g/mol. The average Bonchev–Trinajstić information content (AvgIpc) is 2.79. The zero-order valence-corrected chi connectivity index (χ0v) is 8.72. The van der Waals surface area contributed by atoms with Gasteiger partial charge in [-0.15, -0.1) is 0 Å². The quantitative estimate of drug-likeness (QED) is 0.712. The maximum atomic E-state index is 3.61. The van der Waals surface area contributed by atoms with E-state index in [9.17, 15) is 0 Å². The normalized spacial score (nSPS) is 35.1. The Hall–Kier alpha value is -0.820. The van der Waals surface area contributed by atoms with Gasteiger partial charge in [-0.2, -0.15) is 0 Å². The van der Waals surface area contributed by atoms with Gasteiger partial charge < -0.3 is 5.32 Å². The Morgan fingerprint density at radius 1 is 1.29 bits per heavy atom. The first-order chi connectivity index (χ1) is 6.78. The number of aryl methyl sites for hydroxylation is 1. The number of hydrogen-bond donors (Lipinski definition) is 1. The minimum atomic E-state index is 0.484. The van der Waals surface area contributed by atoms with Crippen LogP contribution in [0.15, 0.2) is 24.3 Å². The minimum absolute atomic E-state index is 0.484. The lowest BCUT2D eigenvalue weighted by atomic mass is 9.80. The molecule has 2 bridgehead atoms. The number of fused-ring (bicyclic) bond motifs is 2. The van der Waals surface area contributed by atoms with Crippen molar-refractivity contribution in [2.45, 2.75) is 37.6 Å². The fourth-order valence-electron chi connectivity index (χ4n) is 3.07. The number of piperidine rings is 1. The van der Waals surface area contributed by atoms with E-state index in [0.717, 1.165) is 6.04 Å². The van der Waals surface area contributed by atoms with Gasteiger partial charge in [0.1, 0.15) is 0 Å². The zero-order valence-electron chi connectivity index (χ0n) is 8.72. The number of hydrogen-bond acceptors (Lipinski definition) is 1. The summed E-state index contributed by atoms with van der Waals surface area (Å²) in [6.07, 6.45) is 4.11. The van der Waals surface area contributed by atoms with Crippen molar-refractivity contribution in [1.82, 2.24) is 5.32 Å². The van der Waals surface area contributed by atoms with Crippen LogP contribution in [0.5, 0.6) is 0 Å². The summed E-state index contributed by atoms with van der Waals surface area (Å²) in [6, 6.07) is 9.94. The summed E-state index contributed by atoms with van der Waals surface area (Å²) >= 11 is 0. The van der Waals surface area contributed by atoms with Crippen molar-refractivity contribution in [2.24, 2.45) is 0 Å². The molecule has 1 N–H and O–H groups in total. The second kappa shape index (κ2) is 2.83. The van der Waals surface area contributed by atoms with E-state index >= 15 is 0 Å². The summed E-state index contributed by atoms with van der Waals surface area (Å²) in [5.74, 6) is 0. The van der Waals surface area contributed by atoms with E-state index in [-0.39, 0.29) is 0 Å². The summed E-state index contributed by atoms with van der Waals surface area (Å²) in [6.45, 7) is 3.35. The Bertz CT molecular complexity index is 331. The van der Waals surface area contributed by atoms with Gasteiger partial charge in [-0.1, -0.05) is 29.8 Å². The largest absolute Gasteiger partial charge is 0.313 e. The van der Waals surface area contributed by atoms with Crippen molar-refractivity contribution in [2.75, 3.05) is 6.54 Å². The van der Waals surface area contributed by atoms with Crippen molar-refractivity contribution in [3.8, 4) is 0 Å². The van der Waals surface area contributed by atoms with Crippen LogP contribution in [-0.2, 0) is 5.41 Å². The third-order valence-electron chi connectivity index (χ3n) is 4.00. The molecule has 1 aliphatic carbocycles. The van der Waals surface area contributed by atoms with E-state index in [2.05, 4.69) is 36.5 Å². The highest BCUT2D eigenvalue weighted by Crippen LogP contribution is 2.44. The van der Waals surface area contributed by atoms with Crippen LogP contribution in [0, 0.1) is 6.92 Å². The lowest BCUT2D eigenvalue weighted by Gasteiger charge is -2.27. The maximum Gasteiger partial charge on any atom is 0.00932 e. The van der Waals surface area contributed by atoms with Crippen LogP contribution in [0.3, 0.4) is 0 Å². The van der Waals surface area contributed by atoms with Crippen LogP contribution < -0.4 is 5.32 Å². The van der Waals surface area contributed by atoms with Crippen LogP contribution in [0.4, 0.5) is 0 Å². The van der Waals surface area contributed by atoms with Crippen LogP contribution in [-0.4, -0.2) is 12.6 Å². The summed E-state index contributed by atoms with van der Waals surface area (Å²) < 4.78 is 0. The average molecular weight is 187 g/mol. The third kappa shape index (κ3) is 1.12. The molecule has 1 saturated carbocycles. The molecule has 0 radical (unpaired) electrons. The Balaban J connectivity index is 1.98. The molecule has 74 valence electrons. The maximum absolute atomic E-state index is 3.61. The van der Waals surface area contributed by atoms with Gasteiger partial charge in [-0.25, -0.2) is 0 Å². The Kier molecular flexibility index (Phi) is 1.72. The molecule has 3 rings (SSSR count). The molecule has 1 heteroatoms. The van der Waals surface area contributed by atoms with Gasteiger partial charge in [-0.05, 0) is 31.7 Å². The molecule has 1 aromatic rings. The van der Waals surface area contributed by atoms with E-state index in [1.54, 1.807) is 5.56 Å². The molecule has 1 heterocycles. The lowest BCUT2D eigenvalue weighted by molar-refractivity contribution is 0.439. The Labute approximate surface area is 85.5 Å². The standard InChI is InChI=1S/C13H17N/c1-10-2-4-11(5-3-10)13-7-6-12(8-13)14-9-13/h2-5,12,14H,6-9H2,1H3. The predicted octanol–water partition coefficient (Wildman–Crippen LogP) is 2.39. The van der Waals surface area contributed by atoms with Gasteiger partial charge in [0, 0.05) is 18.0 Å². The van der Waals surface area contributed by atoms with E-state index < -0.39 is 0 Å². The Morgan fingerprint density at radius 2 is 2.07 bits per heavy atom. The van der Waals surface area contributed by atoms with Crippen LogP contribution in [0.25, 0.3) is 0 Å². The number of rotatable bonds is 1. The molecule has 1 saturated heterocycles. The van der Waals surface area contributed by atoms with Gasteiger partial charge >= 0.3 is 0 Å². The Morgan fingerprint density at radius 3 is 2.57 bits per heavy atom. The van der Waals surface area contributed by atoms with Gasteiger partial charge in [0.05, 0.1) is 0 Å². The fraction of sp³-hybridized carbons (Fsp3) is 0.538. The molecule has 1 aliphatic heterocycles. The predicted molar refractivity (Wildman–Crippen MR) is 58.5 cm³/mol. The number of benzene rings is 1. The van der Waals surface area contributed by atoms with E-state index in [4.69, 9.17) is 0 Å². The molecule has 0 aromatic heterocycles. The van der Waals surface area contributed by atoms with Crippen molar-refractivity contribution in [3.05, 3.63) is 35.4 Å². The highest BCUT2D eigenvalue weighted by molar-refractivity contribution is 5.32. The number of nitrogens with one attached hydrogen (secondary N) is 1. The summed E-state index contributed by atoms with van der Waals surface area (Å²) in [5, 5.41) is 3.61. The first-order valence-corrected chi connectivity index (χ1v) is 5.59. The second-order valence-corrected chi connectivity index (χ2v) is 4.97. The molecule has 1 aromatic carbocycles. The summed E-state index contributed by atoms with van der Waals surface area (Å²) in [7, 11) is 0. The topological polar surface area (TPSA) is 12.0 Å². The van der Waals surface area contributed by atoms with Crippen molar-refractivity contribution >= 4 is 0 Å². The van der Waals surface area contributed by atoms with Crippen molar-refractivity contribution in [3.63, 3.8) is 0 Å². The van der Waals surface area contributed by atoms with Crippen molar-refractivity contribution in [1.29, 1.82) is 0 Å². The fourth-order valence-corrected chi connectivity index (χ4v) is 3.07. The van der Waals surface area contributed by atoms with E-state index in [0.29, 0.717) is 5.41 Å². The zero-order chi connectivity index (χ0) is 9.60. The molecule has 2 unspecified atom stereocenters. The van der Waals surface area contributed by atoms with Gasteiger partial charge in [0.2, 0.25) is 0 Å². The summed E-state index contributed by atoms with van der Waals surface area (Å²) in [5.41, 5.74) is 3.40. The molecule has 2 aliphatic rings. The highest BCUT2D eigenvalue weighted by Gasteiger charge is 2.45. The van der Waals surface area contributed by atoms with Gasteiger partial charge in [0.25, 0.3) is 0 Å². The van der Waals surface area contributed by atoms with Crippen molar-refractivity contribution < 1.29 is 0 Å². The first kappa shape index (κ1) is 8.49. The summed E-state index contributed by atoms with van der Waals surface area (Å²) in [4.78, 5) is 0. The van der Waals surface area contributed by atoms with Crippen LogP contribution >= 0.6 is 0 Å². The third-order valence-corrected chi connectivity index (χ3v) is 4.00. The molecule has 2 fully saturated rings. The minimum Gasteiger partial charge on any atom is -0.313 e. The molecular weight excluding hydrogens is 170 g/mol. The first-order valence-electron chi connectivity index (χ1n) is 5.59. The van der Waals surface area contributed by atoms with Gasteiger partial charge in [0.15, 0.2) is 0 Å². The van der Waals surface area contributed by atoms with E-state index in [1.165, 1.54) is 31.4 Å². The van der Waals surface area contributed by atoms with Crippen LogP contribution in [0.2, 0.25) is 0 Å². The van der Waals surface area contributed by atoms with Gasteiger partial charge in [-0.3, -0.25) is 0 Å².